The summed E-state index contributed by atoms with van der Waals surface area (Å²) < 4.78 is 31.0. The maximum atomic E-state index is 12.1. The number of nitrogens with two attached hydrogens (primary N) is 1. The molecule has 1 aromatic heterocycles. The summed E-state index contributed by atoms with van der Waals surface area (Å²) in [5.74, 6) is 0. The second-order valence-corrected chi connectivity index (χ2v) is 7.23. The minimum absolute atomic E-state index is 0.155. The third-order valence-electron chi connectivity index (χ3n) is 4.24. The standard InChI is InChI=1S/C14H19N5O5S/c1-2-13(17-5-7-24-8-6-17)18-12-4-3-10(19(20)21)9-11(12)16-14(18)25(15,22)23/h3-4,9,13H,2,5-8H2,1H3,(H2,15,22,23). The number of non-ortho nitro benzene ring substituents is 1. The number of nitro groups is 1. The van der Waals surface area contributed by atoms with Crippen LogP contribution in [0.15, 0.2) is 23.4 Å². The molecule has 1 aliphatic rings. The van der Waals surface area contributed by atoms with Gasteiger partial charge in [-0.2, -0.15) is 0 Å². The SMILES string of the molecule is CCC(N1CCOCC1)n1c(S(N)(=O)=O)nc2cc([N+](=O)[O-])ccc21. The molecule has 0 radical (unpaired) electrons. The summed E-state index contributed by atoms with van der Waals surface area (Å²) in [5.41, 5.74) is 0.565. The van der Waals surface area contributed by atoms with Crippen LogP contribution >= 0.6 is 0 Å². The Kier molecular flexibility index (Phi) is 4.73. The monoisotopic (exact) mass is 369 g/mol. The lowest BCUT2D eigenvalue weighted by Crippen LogP contribution is -2.42. The molecule has 25 heavy (non-hydrogen) atoms. The van der Waals surface area contributed by atoms with Gasteiger partial charge in [-0.3, -0.25) is 19.6 Å². The Labute approximate surface area is 144 Å². The van der Waals surface area contributed by atoms with Crippen molar-refractivity contribution in [2.24, 2.45) is 5.14 Å². The molecule has 1 saturated heterocycles. The second-order valence-electron chi connectivity index (χ2n) is 5.78. The molecule has 2 N–H and O–H groups in total. The number of hydrogen-bond donors (Lipinski definition) is 1. The Morgan fingerprint density at radius 1 is 1.40 bits per heavy atom. The van der Waals surface area contributed by atoms with E-state index in [1.165, 1.54) is 18.2 Å². The summed E-state index contributed by atoms with van der Waals surface area (Å²) in [4.78, 5) is 16.6. The van der Waals surface area contributed by atoms with Crippen molar-refractivity contribution in [3.8, 4) is 0 Å². The van der Waals surface area contributed by atoms with Gasteiger partial charge in [0.2, 0.25) is 5.16 Å². The minimum Gasteiger partial charge on any atom is -0.379 e. The molecular weight excluding hydrogens is 350 g/mol. The van der Waals surface area contributed by atoms with Crippen LogP contribution in [0.2, 0.25) is 0 Å². The van der Waals surface area contributed by atoms with Crippen molar-refractivity contribution in [3.05, 3.63) is 28.3 Å². The molecule has 0 amide bonds. The van der Waals surface area contributed by atoms with Crippen molar-refractivity contribution < 1.29 is 18.1 Å². The van der Waals surface area contributed by atoms with Gasteiger partial charge in [-0.05, 0) is 12.5 Å². The van der Waals surface area contributed by atoms with Crippen LogP contribution in [-0.4, -0.2) is 54.1 Å². The molecule has 0 spiro atoms. The fraction of sp³-hybridized carbons (Fsp3) is 0.500. The van der Waals surface area contributed by atoms with E-state index in [9.17, 15) is 18.5 Å². The van der Waals surface area contributed by atoms with E-state index in [0.717, 1.165) is 0 Å². The number of benzene rings is 1. The zero-order valence-corrected chi connectivity index (χ0v) is 14.5. The Morgan fingerprint density at radius 2 is 2.08 bits per heavy atom. The lowest BCUT2D eigenvalue weighted by Gasteiger charge is -2.35. The fourth-order valence-corrected chi connectivity index (χ4v) is 3.87. The molecular formula is C14H19N5O5S. The summed E-state index contributed by atoms with van der Waals surface area (Å²) in [7, 11) is -4.10. The number of imidazole rings is 1. The normalized spacial score (nSPS) is 17.7. The molecule has 0 aliphatic carbocycles. The molecule has 10 nitrogen and oxygen atoms in total. The van der Waals surface area contributed by atoms with Gasteiger partial charge in [0.25, 0.3) is 15.7 Å². The van der Waals surface area contributed by atoms with Gasteiger partial charge in [-0.25, -0.2) is 18.5 Å². The Bertz CT molecular complexity index is 904. The Hall–Kier alpha value is -2.08. The number of hydrogen-bond acceptors (Lipinski definition) is 7. The van der Waals surface area contributed by atoms with E-state index in [1.807, 2.05) is 6.92 Å². The van der Waals surface area contributed by atoms with Crippen LogP contribution in [0.4, 0.5) is 5.69 Å². The maximum absolute atomic E-state index is 12.1. The first-order chi connectivity index (χ1) is 11.8. The van der Waals surface area contributed by atoms with E-state index < -0.39 is 14.9 Å². The first-order valence-electron chi connectivity index (χ1n) is 7.84. The predicted molar refractivity (Wildman–Crippen MR) is 89.5 cm³/mol. The number of nitrogens with zero attached hydrogens (tertiary/aromatic N) is 4. The summed E-state index contributed by atoms with van der Waals surface area (Å²) in [6, 6.07) is 4.10. The molecule has 0 bridgehead atoms. The fourth-order valence-electron chi connectivity index (χ4n) is 3.15. The molecule has 0 saturated carbocycles. The molecule has 3 rings (SSSR count). The second kappa shape index (κ2) is 6.67. The van der Waals surface area contributed by atoms with E-state index >= 15 is 0 Å². The van der Waals surface area contributed by atoms with Gasteiger partial charge in [-0.1, -0.05) is 6.92 Å². The quantitative estimate of drug-likeness (QED) is 0.609. The number of nitro benzene ring substituents is 1. The highest BCUT2D eigenvalue weighted by Crippen LogP contribution is 2.30. The van der Waals surface area contributed by atoms with Gasteiger partial charge in [0.15, 0.2) is 0 Å². The summed E-state index contributed by atoms with van der Waals surface area (Å²) in [5, 5.41) is 16.0. The smallest absolute Gasteiger partial charge is 0.272 e. The van der Waals surface area contributed by atoms with Gasteiger partial charge in [0, 0.05) is 25.2 Å². The maximum Gasteiger partial charge on any atom is 0.272 e. The van der Waals surface area contributed by atoms with E-state index in [1.54, 1.807) is 4.57 Å². The molecule has 11 heteroatoms. The van der Waals surface area contributed by atoms with Gasteiger partial charge in [0.05, 0.1) is 35.3 Å². The van der Waals surface area contributed by atoms with Crippen LogP contribution in [0, 0.1) is 10.1 Å². The van der Waals surface area contributed by atoms with Gasteiger partial charge in [0.1, 0.15) is 0 Å². The van der Waals surface area contributed by atoms with Crippen LogP contribution in [0.1, 0.15) is 19.5 Å². The third kappa shape index (κ3) is 3.35. The van der Waals surface area contributed by atoms with Crippen molar-refractivity contribution in [3.63, 3.8) is 0 Å². The molecule has 1 aromatic carbocycles. The molecule has 136 valence electrons. The molecule has 1 unspecified atom stereocenters. The first kappa shape index (κ1) is 17.7. The summed E-state index contributed by atoms with van der Waals surface area (Å²) in [6.45, 7) is 4.34. The first-order valence-corrected chi connectivity index (χ1v) is 9.38. The lowest BCUT2D eigenvalue weighted by atomic mass is 10.2. The van der Waals surface area contributed by atoms with Crippen LogP contribution in [0.5, 0.6) is 0 Å². The van der Waals surface area contributed by atoms with E-state index in [0.29, 0.717) is 38.2 Å². The van der Waals surface area contributed by atoms with Crippen LogP contribution in [-0.2, 0) is 14.8 Å². The number of fused-ring (bicyclic) bond motifs is 1. The number of morpholine rings is 1. The Morgan fingerprint density at radius 3 is 2.64 bits per heavy atom. The van der Waals surface area contributed by atoms with Crippen LogP contribution in [0.3, 0.4) is 0 Å². The molecule has 1 aliphatic heterocycles. The highest BCUT2D eigenvalue weighted by atomic mass is 32.2. The highest BCUT2D eigenvalue weighted by Gasteiger charge is 2.29. The number of primary sulfonamides is 1. The zero-order chi connectivity index (χ0) is 18.2. The van der Waals surface area contributed by atoms with Gasteiger partial charge < -0.3 is 4.74 Å². The minimum atomic E-state index is -4.10. The lowest BCUT2D eigenvalue weighted by molar-refractivity contribution is -0.384. The van der Waals surface area contributed by atoms with Crippen LogP contribution in [0.25, 0.3) is 11.0 Å². The number of aromatic nitrogens is 2. The van der Waals surface area contributed by atoms with Gasteiger partial charge >= 0.3 is 0 Å². The third-order valence-corrected chi connectivity index (χ3v) is 5.03. The summed E-state index contributed by atoms with van der Waals surface area (Å²) in [6.07, 6.45) is 0.328. The average molecular weight is 369 g/mol. The van der Waals surface area contributed by atoms with Crippen molar-refractivity contribution >= 4 is 26.7 Å². The van der Waals surface area contributed by atoms with Crippen molar-refractivity contribution in [2.45, 2.75) is 24.7 Å². The largest absolute Gasteiger partial charge is 0.379 e. The number of sulfonamides is 1. The summed E-state index contributed by atoms with van der Waals surface area (Å²) >= 11 is 0. The van der Waals surface area contributed by atoms with Gasteiger partial charge in [-0.15, -0.1) is 0 Å². The van der Waals surface area contributed by atoms with Crippen molar-refractivity contribution in [2.75, 3.05) is 26.3 Å². The molecule has 2 heterocycles. The van der Waals surface area contributed by atoms with Crippen molar-refractivity contribution in [1.29, 1.82) is 0 Å². The van der Waals surface area contributed by atoms with E-state index in [-0.39, 0.29) is 22.5 Å². The average Bonchev–Trinajstić information content (AvgIpc) is 2.95. The molecule has 2 aromatic rings. The highest BCUT2D eigenvalue weighted by molar-refractivity contribution is 7.89. The molecule has 1 fully saturated rings. The van der Waals surface area contributed by atoms with Crippen LogP contribution < -0.4 is 5.14 Å². The van der Waals surface area contributed by atoms with Crippen molar-refractivity contribution in [1.82, 2.24) is 14.5 Å². The number of rotatable bonds is 5. The van der Waals surface area contributed by atoms with E-state index in [2.05, 4.69) is 9.88 Å². The van der Waals surface area contributed by atoms with E-state index in [4.69, 9.17) is 9.88 Å². The molecule has 1 atom stereocenters. The predicted octanol–water partition coefficient (Wildman–Crippen LogP) is 0.833. The zero-order valence-electron chi connectivity index (χ0n) is 13.7. The number of ether oxygens (including phenoxy) is 1. The topological polar surface area (TPSA) is 134 Å². The Balaban J connectivity index is 2.21.